The SMILES string of the molecule is CC(C)N1CCOCC(O)(O)C1. The van der Waals surface area contributed by atoms with E-state index in [-0.39, 0.29) is 13.2 Å². The summed E-state index contributed by atoms with van der Waals surface area (Å²) in [7, 11) is 0. The molecule has 0 spiro atoms. The van der Waals surface area contributed by atoms with Crippen LogP contribution in [0.25, 0.3) is 0 Å². The Kier molecular flexibility index (Phi) is 3.06. The van der Waals surface area contributed by atoms with Gasteiger partial charge in [-0.15, -0.1) is 0 Å². The highest BCUT2D eigenvalue weighted by molar-refractivity contribution is 4.75. The van der Waals surface area contributed by atoms with Crippen molar-refractivity contribution in [3.05, 3.63) is 0 Å². The number of rotatable bonds is 1. The summed E-state index contributed by atoms with van der Waals surface area (Å²) >= 11 is 0. The van der Waals surface area contributed by atoms with Crippen molar-refractivity contribution in [1.29, 1.82) is 0 Å². The third-order valence-electron chi connectivity index (χ3n) is 2.04. The first-order valence-corrected chi connectivity index (χ1v) is 4.28. The Balaban J connectivity index is 2.54. The van der Waals surface area contributed by atoms with Crippen LogP contribution in [0.4, 0.5) is 0 Å². The van der Waals surface area contributed by atoms with Crippen molar-refractivity contribution in [3.63, 3.8) is 0 Å². The van der Waals surface area contributed by atoms with Crippen LogP contribution in [0.3, 0.4) is 0 Å². The monoisotopic (exact) mass is 175 g/mol. The smallest absolute Gasteiger partial charge is 0.199 e. The van der Waals surface area contributed by atoms with Crippen LogP contribution < -0.4 is 0 Å². The van der Waals surface area contributed by atoms with Gasteiger partial charge in [0.2, 0.25) is 0 Å². The summed E-state index contributed by atoms with van der Waals surface area (Å²) < 4.78 is 5.05. The summed E-state index contributed by atoms with van der Waals surface area (Å²) in [6, 6.07) is 0.324. The zero-order valence-corrected chi connectivity index (χ0v) is 7.66. The molecule has 0 saturated carbocycles. The molecule has 1 fully saturated rings. The van der Waals surface area contributed by atoms with Gasteiger partial charge in [0.25, 0.3) is 0 Å². The molecule has 4 nitrogen and oxygen atoms in total. The van der Waals surface area contributed by atoms with E-state index in [0.717, 1.165) is 6.54 Å². The van der Waals surface area contributed by atoms with Crippen LogP contribution in [0.15, 0.2) is 0 Å². The van der Waals surface area contributed by atoms with Gasteiger partial charge < -0.3 is 14.9 Å². The van der Waals surface area contributed by atoms with E-state index in [1.54, 1.807) is 0 Å². The third-order valence-corrected chi connectivity index (χ3v) is 2.04. The molecule has 0 amide bonds. The molecule has 1 heterocycles. The predicted octanol–water partition coefficient (Wildman–Crippen LogP) is -0.592. The molecule has 0 atom stereocenters. The molecule has 4 heteroatoms. The quantitative estimate of drug-likeness (QED) is 0.523. The van der Waals surface area contributed by atoms with E-state index >= 15 is 0 Å². The first kappa shape index (κ1) is 9.92. The van der Waals surface area contributed by atoms with Crippen LogP contribution in [-0.2, 0) is 4.74 Å². The molecular formula is C8H17NO3. The lowest BCUT2D eigenvalue weighted by atomic mass is 10.2. The summed E-state index contributed by atoms with van der Waals surface area (Å²) in [6.45, 7) is 5.67. The molecule has 1 rings (SSSR count). The molecule has 1 saturated heterocycles. The van der Waals surface area contributed by atoms with Gasteiger partial charge in [-0.25, -0.2) is 0 Å². The van der Waals surface area contributed by atoms with Crippen LogP contribution in [0.5, 0.6) is 0 Å². The zero-order chi connectivity index (χ0) is 9.19. The summed E-state index contributed by atoms with van der Waals surface area (Å²) in [6.07, 6.45) is 0. The van der Waals surface area contributed by atoms with Gasteiger partial charge >= 0.3 is 0 Å². The molecule has 0 aromatic carbocycles. The number of aliphatic hydroxyl groups is 2. The molecule has 1 aliphatic rings. The molecule has 2 N–H and O–H groups in total. The standard InChI is InChI=1S/C8H17NO3/c1-7(2)9-3-4-12-6-8(10,11)5-9/h7,10-11H,3-6H2,1-2H3. The van der Waals surface area contributed by atoms with E-state index < -0.39 is 5.79 Å². The molecule has 0 aromatic heterocycles. The minimum absolute atomic E-state index is 0.0101. The maximum absolute atomic E-state index is 9.36. The van der Waals surface area contributed by atoms with Gasteiger partial charge in [0.15, 0.2) is 5.79 Å². The minimum Gasteiger partial charge on any atom is -0.374 e. The number of hydrogen-bond donors (Lipinski definition) is 2. The average Bonchev–Trinajstić information content (AvgIpc) is 2.10. The van der Waals surface area contributed by atoms with E-state index in [1.165, 1.54) is 0 Å². The highest BCUT2D eigenvalue weighted by Gasteiger charge is 2.30. The number of hydrogen-bond acceptors (Lipinski definition) is 4. The van der Waals surface area contributed by atoms with E-state index in [0.29, 0.717) is 12.6 Å². The Labute approximate surface area is 72.7 Å². The van der Waals surface area contributed by atoms with Gasteiger partial charge in [0.05, 0.1) is 13.2 Å². The van der Waals surface area contributed by atoms with Crippen LogP contribution in [-0.4, -0.2) is 53.2 Å². The lowest BCUT2D eigenvalue weighted by Crippen LogP contribution is -2.46. The molecule has 0 aromatic rings. The van der Waals surface area contributed by atoms with E-state index in [9.17, 15) is 10.2 Å². The number of nitrogens with zero attached hydrogens (tertiary/aromatic N) is 1. The van der Waals surface area contributed by atoms with Crippen LogP contribution in [0, 0.1) is 0 Å². The minimum atomic E-state index is -1.68. The van der Waals surface area contributed by atoms with E-state index in [1.807, 2.05) is 18.7 Å². The van der Waals surface area contributed by atoms with Gasteiger partial charge in [-0.3, -0.25) is 4.90 Å². The normalized spacial score (nSPS) is 25.8. The Morgan fingerprint density at radius 3 is 2.67 bits per heavy atom. The fraction of sp³-hybridized carbons (Fsp3) is 1.00. The van der Waals surface area contributed by atoms with Crippen molar-refractivity contribution < 1.29 is 14.9 Å². The maximum Gasteiger partial charge on any atom is 0.199 e. The molecule has 0 radical (unpaired) electrons. The van der Waals surface area contributed by atoms with Crippen molar-refractivity contribution in [2.45, 2.75) is 25.7 Å². The average molecular weight is 175 g/mol. The van der Waals surface area contributed by atoms with E-state index in [2.05, 4.69) is 0 Å². The fourth-order valence-corrected chi connectivity index (χ4v) is 1.31. The maximum atomic E-state index is 9.36. The molecule has 1 aliphatic heterocycles. The number of ether oxygens (including phenoxy) is 1. The van der Waals surface area contributed by atoms with Gasteiger partial charge in [-0.2, -0.15) is 0 Å². The highest BCUT2D eigenvalue weighted by Crippen LogP contribution is 2.10. The van der Waals surface area contributed by atoms with Crippen molar-refractivity contribution in [3.8, 4) is 0 Å². The first-order valence-electron chi connectivity index (χ1n) is 4.28. The number of β-amino-alcohol motifs (C(OH)–C–C–N with tert-alkyl or cyclic N) is 2. The Morgan fingerprint density at radius 1 is 1.42 bits per heavy atom. The fourth-order valence-electron chi connectivity index (χ4n) is 1.31. The Morgan fingerprint density at radius 2 is 2.08 bits per heavy atom. The molecule has 0 bridgehead atoms. The second-order valence-electron chi connectivity index (χ2n) is 3.60. The summed E-state index contributed by atoms with van der Waals surface area (Å²) in [5.74, 6) is -1.68. The lowest BCUT2D eigenvalue weighted by Gasteiger charge is -2.28. The van der Waals surface area contributed by atoms with Gasteiger partial charge in [-0.1, -0.05) is 0 Å². The van der Waals surface area contributed by atoms with Crippen molar-refractivity contribution in [1.82, 2.24) is 4.90 Å². The van der Waals surface area contributed by atoms with Gasteiger partial charge in [0.1, 0.15) is 6.61 Å². The van der Waals surface area contributed by atoms with Crippen LogP contribution in [0.2, 0.25) is 0 Å². The van der Waals surface area contributed by atoms with Gasteiger partial charge in [0, 0.05) is 12.6 Å². The Hall–Kier alpha value is -0.160. The van der Waals surface area contributed by atoms with E-state index in [4.69, 9.17) is 4.74 Å². The molecule has 72 valence electrons. The predicted molar refractivity (Wildman–Crippen MR) is 44.7 cm³/mol. The van der Waals surface area contributed by atoms with Crippen LogP contribution in [0.1, 0.15) is 13.8 Å². The topological polar surface area (TPSA) is 52.9 Å². The summed E-state index contributed by atoms with van der Waals surface area (Å²) in [5, 5.41) is 18.7. The largest absolute Gasteiger partial charge is 0.374 e. The van der Waals surface area contributed by atoms with Crippen molar-refractivity contribution >= 4 is 0 Å². The highest BCUT2D eigenvalue weighted by atomic mass is 16.6. The van der Waals surface area contributed by atoms with Crippen molar-refractivity contribution in [2.24, 2.45) is 0 Å². The Bertz CT molecular complexity index is 147. The third kappa shape index (κ3) is 2.71. The van der Waals surface area contributed by atoms with Crippen molar-refractivity contribution in [2.75, 3.05) is 26.3 Å². The van der Waals surface area contributed by atoms with Gasteiger partial charge in [-0.05, 0) is 13.8 Å². The zero-order valence-electron chi connectivity index (χ0n) is 7.66. The summed E-state index contributed by atoms with van der Waals surface area (Å²) in [4.78, 5) is 1.99. The molecule has 0 aliphatic carbocycles. The summed E-state index contributed by atoms with van der Waals surface area (Å²) in [5.41, 5.74) is 0. The second kappa shape index (κ2) is 3.70. The van der Waals surface area contributed by atoms with Crippen LogP contribution >= 0.6 is 0 Å². The second-order valence-corrected chi connectivity index (χ2v) is 3.60. The lowest BCUT2D eigenvalue weighted by molar-refractivity contribution is -0.195. The molecule has 0 unspecified atom stereocenters. The molecule has 12 heavy (non-hydrogen) atoms. The first-order chi connectivity index (χ1) is 5.51. The molecular weight excluding hydrogens is 158 g/mol.